The Morgan fingerprint density at radius 3 is 2.00 bits per heavy atom. The van der Waals surface area contributed by atoms with Crippen molar-refractivity contribution in [3.63, 3.8) is 0 Å². The lowest BCUT2D eigenvalue weighted by atomic mass is 10.1. The molecule has 1 aromatic heterocycles. The lowest BCUT2D eigenvalue weighted by molar-refractivity contribution is 0.895. The lowest BCUT2D eigenvalue weighted by Gasteiger charge is -2.03. The predicted molar refractivity (Wildman–Crippen MR) is 83.4 cm³/mol. The van der Waals surface area contributed by atoms with Crippen molar-refractivity contribution in [1.29, 1.82) is 0 Å². The van der Waals surface area contributed by atoms with Gasteiger partial charge in [-0.2, -0.15) is 5.10 Å². The van der Waals surface area contributed by atoms with Gasteiger partial charge in [0, 0.05) is 21.7 Å². The van der Waals surface area contributed by atoms with Crippen molar-refractivity contribution in [3.8, 4) is 16.9 Å². The van der Waals surface area contributed by atoms with Crippen molar-refractivity contribution < 1.29 is 0 Å². The molecule has 0 saturated heterocycles. The molecule has 0 spiro atoms. The summed E-state index contributed by atoms with van der Waals surface area (Å²) in [4.78, 5) is 0. The minimum absolute atomic E-state index is 0.567. The van der Waals surface area contributed by atoms with E-state index in [0.717, 1.165) is 16.9 Å². The van der Waals surface area contributed by atoms with Gasteiger partial charge in [0.15, 0.2) is 0 Å². The van der Waals surface area contributed by atoms with Gasteiger partial charge in [0.2, 0.25) is 0 Å². The van der Waals surface area contributed by atoms with Gasteiger partial charge in [-0.25, -0.2) is 4.68 Å². The third-order valence-corrected chi connectivity index (χ3v) is 3.45. The molecular weight excluding hydrogens is 293 g/mol. The van der Waals surface area contributed by atoms with Crippen LogP contribution < -0.4 is 5.73 Å². The standard InChI is InChI=1S/C15H11Cl2N3/c16-11-3-1-10(2-4-11)14-9-15(18)20(19-14)13-7-5-12(17)6-8-13/h1-9H,18H2. The molecule has 2 aromatic carbocycles. The molecule has 100 valence electrons. The van der Waals surface area contributed by atoms with Crippen LogP contribution >= 0.6 is 23.2 Å². The van der Waals surface area contributed by atoms with E-state index in [1.54, 1.807) is 16.8 Å². The van der Waals surface area contributed by atoms with E-state index in [2.05, 4.69) is 5.10 Å². The van der Waals surface area contributed by atoms with Crippen LogP contribution in [0.5, 0.6) is 0 Å². The van der Waals surface area contributed by atoms with Crippen LogP contribution in [0, 0.1) is 0 Å². The molecule has 5 heteroatoms. The predicted octanol–water partition coefficient (Wildman–Crippen LogP) is 4.43. The molecule has 0 atom stereocenters. The maximum atomic E-state index is 6.02. The first-order chi connectivity index (χ1) is 9.63. The highest BCUT2D eigenvalue weighted by atomic mass is 35.5. The van der Waals surface area contributed by atoms with Crippen LogP contribution in [0.25, 0.3) is 16.9 Å². The van der Waals surface area contributed by atoms with E-state index in [1.807, 2.05) is 42.5 Å². The minimum Gasteiger partial charge on any atom is -0.384 e. The summed E-state index contributed by atoms with van der Waals surface area (Å²) in [5.41, 5.74) is 8.65. The van der Waals surface area contributed by atoms with Crippen LogP contribution in [0.1, 0.15) is 0 Å². The highest BCUT2D eigenvalue weighted by Crippen LogP contribution is 2.24. The summed E-state index contributed by atoms with van der Waals surface area (Å²) in [7, 11) is 0. The maximum absolute atomic E-state index is 6.02. The number of aromatic nitrogens is 2. The van der Waals surface area contributed by atoms with Gasteiger partial charge >= 0.3 is 0 Å². The van der Waals surface area contributed by atoms with Gasteiger partial charge in [-0.05, 0) is 36.4 Å². The minimum atomic E-state index is 0.567. The summed E-state index contributed by atoms with van der Waals surface area (Å²) in [6.07, 6.45) is 0. The summed E-state index contributed by atoms with van der Waals surface area (Å²) in [5, 5.41) is 5.89. The molecule has 2 N–H and O–H groups in total. The molecule has 3 rings (SSSR count). The van der Waals surface area contributed by atoms with Gasteiger partial charge in [-0.3, -0.25) is 0 Å². The number of nitrogens with zero attached hydrogens (tertiary/aromatic N) is 2. The van der Waals surface area contributed by atoms with Crippen LogP contribution in [-0.2, 0) is 0 Å². The van der Waals surface area contributed by atoms with Gasteiger partial charge in [-0.1, -0.05) is 35.3 Å². The molecule has 0 aliphatic heterocycles. The molecule has 0 fully saturated rings. The Morgan fingerprint density at radius 1 is 0.850 bits per heavy atom. The smallest absolute Gasteiger partial charge is 0.127 e. The second-order valence-corrected chi connectivity index (χ2v) is 5.22. The van der Waals surface area contributed by atoms with Crippen molar-refractivity contribution in [3.05, 3.63) is 64.6 Å². The van der Waals surface area contributed by atoms with Crippen LogP contribution in [0.15, 0.2) is 54.6 Å². The van der Waals surface area contributed by atoms with Gasteiger partial charge in [0.25, 0.3) is 0 Å². The van der Waals surface area contributed by atoms with E-state index < -0.39 is 0 Å². The molecule has 0 aliphatic carbocycles. The number of hydrogen-bond donors (Lipinski definition) is 1. The van der Waals surface area contributed by atoms with E-state index in [1.165, 1.54) is 0 Å². The first-order valence-electron chi connectivity index (χ1n) is 6.01. The fourth-order valence-electron chi connectivity index (χ4n) is 1.95. The monoisotopic (exact) mass is 303 g/mol. The summed E-state index contributed by atoms with van der Waals surface area (Å²) >= 11 is 11.8. The molecule has 0 saturated carbocycles. The first-order valence-corrected chi connectivity index (χ1v) is 6.76. The maximum Gasteiger partial charge on any atom is 0.127 e. The average Bonchev–Trinajstić information content (AvgIpc) is 2.82. The summed E-state index contributed by atoms with van der Waals surface area (Å²) in [6.45, 7) is 0. The number of rotatable bonds is 2. The molecule has 0 unspecified atom stereocenters. The van der Waals surface area contributed by atoms with E-state index in [9.17, 15) is 0 Å². The Bertz CT molecular complexity index is 731. The zero-order valence-electron chi connectivity index (χ0n) is 10.4. The summed E-state index contributed by atoms with van der Waals surface area (Å²) < 4.78 is 1.68. The van der Waals surface area contributed by atoms with Crippen molar-refractivity contribution in [2.75, 3.05) is 5.73 Å². The van der Waals surface area contributed by atoms with Crippen LogP contribution in [0.4, 0.5) is 5.82 Å². The SMILES string of the molecule is Nc1cc(-c2ccc(Cl)cc2)nn1-c1ccc(Cl)cc1. The summed E-state index contributed by atoms with van der Waals surface area (Å²) in [5.74, 6) is 0.567. The van der Waals surface area contributed by atoms with Gasteiger partial charge in [-0.15, -0.1) is 0 Å². The Morgan fingerprint density at radius 2 is 1.40 bits per heavy atom. The van der Waals surface area contributed by atoms with Crippen LogP contribution in [0.2, 0.25) is 10.0 Å². The quantitative estimate of drug-likeness (QED) is 0.761. The Labute approximate surface area is 126 Å². The first kappa shape index (κ1) is 13.0. The Hall–Kier alpha value is -1.97. The molecule has 3 aromatic rings. The summed E-state index contributed by atoms with van der Waals surface area (Å²) in [6, 6.07) is 16.7. The van der Waals surface area contributed by atoms with Gasteiger partial charge < -0.3 is 5.73 Å². The molecular formula is C15H11Cl2N3. The van der Waals surface area contributed by atoms with Crippen LogP contribution in [0.3, 0.4) is 0 Å². The highest BCUT2D eigenvalue weighted by Gasteiger charge is 2.08. The van der Waals surface area contributed by atoms with Crippen LogP contribution in [-0.4, -0.2) is 9.78 Å². The zero-order chi connectivity index (χ0) is 14.1. The zero-order valence-corrected chi connectivity index (χ0v) is 11.9. The van der Waals surface area contributed by atoms with E-state index in [4.69, 9.17) is 28.9 Å². The molecule has 3 nitrogen and oxygen atoms in total. The molecule has 0 amide bonds. The highest BCUT2D eigenvalue weighted by molar-refractivity contribution is 6.30. The topological polar surface area (TPSA) is 43.8 Å². The van der Waals surface area contributed by atoms with Crippen molar-refractivity contribution in [2.24, 2.45) is 0 Å². The fraction of sp³-hybridized carbons (Fsp3) is 0. The second kappa shape index (κ2) is 5.19. The van der Waals surface area contributed by atoms with E-state index >= 15 is 0 Å². The largest absolute Gasteiger partial charge is 0.384 e. The number of hydrogen-bond acceptors (Lipinski definition) is 2. The number of halogens is 2. The van der Waals surface area contributed by atoms with Crippen molar-refractivity contribution >= 4 is 29.0 Å². The number of nitrogens with two attached hydrogens (primary N) is 1. The molecule has 0 bridgehead atoms. The number of benzene rings is 2. The number of anilines is 1. The molecule has 0 aliphatic rings. The lowest BCUT2D eigenvalue weighted by Crippen LogP contribution is -2.01. The molecule has 1 heterocycles. The fourth-order valence-corrected chi connectivity index (χ4v) is 2.20. The molecule has 20 heavy (non-hydrogen) atoms. The third kappa shape index (κ3) is 2.50. The van der Waals surface area contributed by atoms with E-state index in [-0.39, 0.29) is 0 Å². The van der Waals surface area contributed by atoms with Crippen molar-refractivity contribution in [2.45, 2.75) is 0 Å². The normalized spacial score (nSPS) is 10.7. The second-order valence-electron chi connectivity index (χ2n) is 4.35. The van der Waals surface area contributed by atoms with E-state index in [0.29, 0.717) is 15.9 Å². The Balaban J connectivity index is 2.02. The number of nitrogen functional groups attached to an aromatic ring is 1. The third-order valence-electron chi connectivity index (χ3n) is 2.95. The van der Waals surface area contributed by atoms with Crippen molar-refractivity contribution in [1.82, 2.24) is 9.78 Å². The average molecular weight is 304 g/mol. The molecule has 0 radical (unpaired) electrons. The van der Waals surface area contributed by atoms with Gasteiger partial charge in [0.1, 0.15) is 5.82 Å². The van der Waals surface area contributed by atoms with Gasteiger partial charge in [0.05, 0.1) is 11.4 Å². The Kier molecular flexibility index (Phi) is 3.38.